The smallest absolute Gasteiger partial charge is 0.226 e. The number of fused-ring (bicyclic) bond motifs is 1. The van der Waals surface area contributed by atoms with Gasteiger partial charge < -0.3 is 9.73 Å². The third kappa shape index (κ3) is 3.61. The normalized spacial score (nSPS) is 10.9. The highest BCUT2D eigenvalue weighted by molar-refractivity contribution is 7.13. The van der Waals surface area contributed by atoms with E-state index in [0.29, 0.717) is 6.54 Å². The minimum absolute atomic E-state index is 0.0375. The maximum Gasteiger partial charge on any atom is 0.226 e. The standard InChI is InChI=1S/C20H16N2O2S/c23-19(11-17-13-25-20(22-17)18-6-3-9-24-18)21-12-14-7-8-15-4-1-2-5-16(15)10-14/h1-10,13H,11-12H2,(H,21,23). The zero-order chi connectivity index (χ0) is 17.1. The molecule has 0 fully saturated rings. The number of benzene rings is 2. The number of thiazole rings is 1. The number of carbonyl (C=O) groups excluding carboxylic acids is 1. The summed E-state index contributed by atoms with van der Waals surface area (Å²) in [4.78, 5) is 16.6. The molecule has 4 nitrogen and oxygen atoms in total. The predicted octanol–water partition coefficient (Wildman–Crippen LogP) is 4.42. The summed E-state index contributed by atoms with van der Waals surface area (Å²) in [5.41, 5.74) is 1.84. The lowest BCUT2D eigenvalue weighted by Crippen LogP contribution is -2.24. The molecule has 1 amide bonds. The zero-order valence-corrected chi connectivity index (χ0v) is 14.3. The van der Waals surface area contributed by atoms with Gasteiger partial charge in [-0.25, -0.2) is 4.98 Å². The van der Waals surface area contributed by atoms with Gasteiger partial charge in [-0.3, -0.25) is 4.79 Å². The van der Waals surface area contributed by atoms with E-state index < -0.39 is 0 Å². The van der Waals surface area contributed by atoms with Gasteiger partial charge in [0, 0.05) is 11.9 Å². The fraction of sp³-hybridized carbons (Fsp3) is 0.100. The number of carbonyl (C=O) groups is 1. The molecule has 0 saturated carbocycles. The van der Waals surface area contributed by atoms with Gasteiger partial charge in [0.25, 0.3) is 0 Å². The number of amides is 1. The number of furan rings is 1. The van der Waals surface area contributed by atoms with Crippen molar-refractivity contribution < 1.29 is 9.21 Å². The van der Waals surface area contributed by atoms with E-state index in [2.05, 4.69) is 34.6 Å². The van der Waals surface area contributed by atoms with Crippen LogP contribution in [-0.4, -0.2) is 10.9 Å². The van der Waals surface area contributed by atoms with Crippen LogP contribution in [0.1, 0.15) is 11.3 Å². The van der Waals surface area contributed by atoms with Gasteiger partial charge in [0.05, 0.1) is 18.4 Å². The molecule has 0 aliphatic carbocycles. The quantitative estimate of drug-likeness (QED) is 0.581. The summed E-state index contributed by atoms with van der Waals surface area (Å²) < 4.78 is 5.33. The molecule has 4 rings (SSSR count). The van der Waals surface area contributed by atoms with Crippen molar-refractivity contribution in [3.63, 3.8) is 0 Å². The van der Waals surface area contributed by atoms with E-state index in [1.807, 2.05) is 35.7 Å². The molecule has 0 radical (unpaired) electrons. The Morgan fingerprint density at radius 1 is 1.08 bits per heavy atom. The Morgan fingerprint density at radius 3 is 2.80 bits per heavy atom. The molecule has 5 heteroatoms. The molecule has 0 aliphatic heterocycles. The summed E-state index contributed by atoms with van der Waals surface area (Å²) in [6.45, 7) is 0.513. The highest BCUT2D eigenvalue weighted by atomic mass is 32.1. The number of nitrogens with zero attached hydrogens (tertiary/aromatic N) is 1. The Bertz CT molecular complexity index is 1010. The van der Waals surface area contributed by atoms with Crippen LogP contribution in [-0.2, 0) is 17.8 Å². The second kappa shape index (κ2) is 6.91. The van der Waals surface area contributed by atoms with Crippen molar-refractivity contribution >= 4 is 28.0 Å². The summed E-state index contributed by atoms with van der Waals surface area (Å²) in [6.07, 6.45) is 1.89. The van der Waals surface area contributed by atoms with E-state index in [4.69, 9.17) is 4.42 Å². The molecule has 2 aromatic carbocycles. The van der Waals surface area contributed by atoms with Crippen molar-refractivity contribution in [1.29, 1.82) is 0 Å². The van der Waals surface area contributed by atoms with E-state index in [1.54, 1.807) is 6.26 Å². The maximum absolute atomic E-state index is 12.2. The Hall–Kier alpha value is -2.92. The first-order chi connectivity index (χ1) is 12.3. The monoisotopic (exact) mass is 348 g/mol. The van der Waals surface area contributed by atoms with E-state index in [-0.39, 0.29) is 12.3 Å². The number of nitrogens with one attached hydrogen (secondary N) is 1. The Morgan fingerprint density at radius 2 is 1.96 bits per heavy atom. The van der Waals surface area contributed by atoms with Crippen LogP contribution in [0.15, 0.2) is 70.7 Å². The molecule has 124 valence electrons. The van der Waals surface area contributed by atoms with Gasteiger partial charge in [0.2, 0.25) is 5.91 Å². The summed E-state index contributed by atoms with van der Waals surface area (Å²) in [5.74, 6) is 0.692. The van der Waals surface area contributed by atoms with Gasteiger partial charge in [-0.15, -0.1) is 11.3 Å². The van der Waals surface area contributed by atoms with Gasteiger partial charge in [-0.1, -0.05) is 36.4 Å². The Kier molecular flexibility index (Phi) is 4.31. The average molecular weight is 348 g/mol. The van der Waals surface area contributed by atoms with Crippen LogP contribution in [0.3, 0.4) is 0 Å². The third-order valence-electron chi connectivity index (χ3n) is 3.93. The molecule has 0 atom stereocenters. The molecule has 0 spiro atoms. The summed E-state index contributed by atoms with van der Waals surface area (Å²) in [5, 5.41) is 8.03. The van der Waals surface area contributed by atoms with Crippen LogP contribution in [0, 0.1) is 0 Å². The van der Waals surface area contributed by atoms with Gasteiger partial charge in [0.1, 0.15) is 0 Å². The van der Waals surface area contributed by atoms with Gasteiger partial charge >= 0.3 is 0 Å². The molecule has 0 aliphatic rings. The van der Waals surface area contributed by atoms with Crippen LogP contribution in [0.5, 0.6) is 0 Å². The molecule has 2 aromatic heterocycles. The highest BCUT2D eigenvalue weighted by Crippen LogP contribution is 2.24. The molecule has 2 heterocycles. The van der Waals surface area contributed by atoms with Crippen molar-refractivity contribution in [2.75, 3.05) is 0 Å². The number of aromatic nitrogens is 1. The molecule has 0 unspecified atom stereocenters. The lowest BCUT2D eigenvalue weighted by Gasteiger charge is -2.06. The molecule has 0 bridgehead atoms. The summed E-state index contributed by atoms with van der Waals surface area (Å²) in [6, 6.07) is 18.1. The Labute approximate surface area is 149 Å². The van der Waals surface area contributed by atoms with Crippen LogP contribution in [0.4, 0.5) is 0 Å². The fourth-order valence-corrected chi connectivity index (χ4v) is 3.46. The van der Waals surface area contributed by atoms with Crippen molar-refractivity contribution in [2.45, 2.75) is 13.0 Å². The second-order valence-corrected chi connectivity index (χ2v) is 6.61. The summed E-state index contributed by atoms with van der Waals surface area (Å²) in [7, 11) is 0. The van der Waals surface area contributed by atoms with Gasteiger partial charge in [-0.2, -0.15) is 0 Å². The van der Waals surface area contributed by atoms with E-state index in [9.17, 15) is 4.79 Å². The zero-order valence-electron chi connectivity index (χ0n) is 13.4. The largest absolute Gasteiger partial charge is 0.462 e. The van der Waals surface area contributed by atoms with Crippen molar-refractivity contribution in [2.24, 2.45) is 0 Å². The van der Waals surface area contributed by atoms with Crippen LogP contribution < -0.4 is 5.32 Å². The van der Waals surface area contributed by atoms with Crippen LogP contribution in [0.2, 0.25) is 0 Å². The first-order valence-corrected chi connectivity index (χ1v) is 8.88. The number of rotatable bonds is 5. The van der Waals surface area contributed by atoms with E-state index in [0.717, 1.165) is 22.0 Å². The maximum atomic E-state index is 12.2. The minimum Gasteiger partial charge on any atom is -0.462 e. The predicted molar refractivity (Wildman–Crippen MR) is 99.3 cm³/mol. The topological polar surface area (TPSA) is 55.1 Å². The Balaban J connectivity index is 1.37. The fourth-order valence-electron chi connectivity index (χ4n) is 2.68. The molecular formula is C20H16N2O2S. The van der Waals surface area contributed by atoms with Crippen LogP contribution in [0.25, 0.3) is 21.5 Å². The van der Waals surface area contributed by atoms with Crippen molar-refractivity contribution in [3.8, 4) is 10.8 Å². The number of hydrogen-bond acceptors (Lipinski definition) is 4. The van der Waals surface area contributed by atoms with Gasteiger partial charge in [0.15, 0.2) is 10.8 Å². The highest BCUT2D eigenvalue weighted by Gasteiger charge is 2.10. The SMILES string of the molecule is O=C(Cc1csc(-c2ccco2)n1)NCc1ccc2ccccc2c1. The molecule has 4 aromatic rings. The van der Waals surface area contributed by atoms with Crippen LogP contribution >= 0.6 is 11.3 Å². The molecule has 1 N–H and O–H groups in total. The average Bonchev–Trinajstić information content (AvgIpc) is 3.31. The second-order valence-electron chi connectivity index (χ2n) is 5.76. The lowest BCUT2D eigenvalue weighted by molar-refractivity contribution is -0.120. The summed E-state index contributed by atoms with van der Waals surface area (Å²) >= 11 is 1.48. The molecule has 0 saturated heterocycles. The van der Waals surface area contributed by atoms with Crippen molar-refractivity contribution in [3.05, 3.63) is 77.5 Å². The molecule has 25 heavy (non-hydrogen) atoms. The molecular weight excluding hydrogens is 332 g/mol. The third-order valence-corrected chi connectivity index (χ3v) is 4.83. The lowest BCUT2D eigenvalue weighted by atomic mass is 10.1. The minimum atomic E-state index is -0.0375. The van der Waals surface area contributed by atoms with Gasteiger partial charge in [-0.05, 0) is 34.5 Å². The van der Waals surface area contributed by atoms with E-state index in [1.165, 1.54) is 22.1 Å². The number of hydrogen-bond donors (Lipinski definition) is 1. The van der Waals surface area contributed by atoms with Crippen molar-refractivity contribution in [1.82, 2.24) is 10.3 Å². The first-order valence-electron chi connectivity index (χ1n) is 8.00. The first kappa shape index (κ1) is 15.6. The van der Waals surface area contributed by atoms with E-state index >= 15 is 0 Å².